The zero-order valence-corrected chi connectivity index (χ0v) is 12.4. The fraction of sp³-hybridized carbons (Fsp3) is 0.600. The molecule has 5 heteroatoms. The maximum absolute atomic E-state index is 12.6. The van der Waals surface area contributed by atoms with Gasteiger partial charge in [-0.3, -0.25) is 0 Å². The highest BCUT2D eigenvalue weighted by atomic mass is 32.2. The Balaban J connectivity index is 2.16. The van der Waals surface area contributed by atoms with Gasteiger partial charge in [-0.1, -0.05) is 25.5 Å². The Morgan fingerprint density at radius 3 is 2.45 bits per heavy atom. The van der Waals surface area contributed by atoms with Crippen molar-refractivity contribution < 1.29 is 13.2 Å². The number of thioether (sulfide) groups is 1. The molecule has 1 N–H and O–H groups in total. The van der Waals surface area contributed by atoms with Crippen LogP contribution in [-0.2, 0) is 6.18 Å². The molecule has 0 aromatic heterocycles. The third-order valence-electron chi connectivity index (χ3n) is 3.61. The van der Waals surface area contributed by atoms with Crippen molar-refractivity contribution in [1.29, 1.82) is 0 Å². The zero-order chi connectivity index (χ0) is 14.6. The van der Waals surface area contributed by atoms with Crippen LogP contribution in [-0.4, -0.2) is 17.5 Å². The van der Waals surface area contributed by atoms with Crippen molar-refractivity contribution in [2.24, 2.45) is 0 Å². The zero-order valence-electron chi connectivity index (χ0n) is 11.5. The minimum Gasteiger partial charge on any atom is -0.309 e. The maximum atomic E-state index is 12.6. The Kier molecular flexibility index (Phi) is 5.38. The van der Waals surface area contributed by atoms with Crippen molar-refractivity contribution in [3.8, 4) is 0 Å². The number of rotatable bonds is 4. The minimum atomic E-state index is -4.26. The molecule has 0 bridgehead atoms. The number of alkyl halides is 3. The number of hydrogen-bond donors (Lipinski definition) is 1. The lowest BCUT2D eigenvalue weighted by Crippen LogP contribution is -2.31. The van der Waals surface area contributed by atoms with Crippen LogP contribution < -0.4 is 5.32 Å². The molecular formula is C15H20F3NS. The molecule has 2 rings (SSSR count). The topological polar surface area (TPSA) is 12.0 Å². The van der Waals surface area contributed by atoms with Crippen molar-refractivity contribution >= 4 is 11.8 Å². The lowest BCUT2D eigenvalue weighted by Gasteiger charge is -2.31. The first-order valence-electron chi connectivity index (χ1n) is 7.04. The molecule has 1 aliphatic heterocycles. The number of hydrogen-bond acceptors (Lipinski definition) is 2. The number of benzene rings is 1. The molecule has 1 nitrogen and oxygen atoms in total. The van der Waals surface area contributed by atoms with Crippen LogP contribution in [0.15, 0.2) is 24.3 Å². The van der Waals surface area contributed by atoms with E-state index in [-0.39, 0.29) is 6.04 Å². The lowest BCUT2D eigenvalue weighted by molar-refractivity contribution is -0.137. The van der Waals surface area contributed by atoms with E-state index in [1.165, 1.54) is 25.0 Å². The van der Waals surface area contributed by atoms with Gasteiger partial charge in [-0.15, -0.1) is 0 Å². The largest absolute Gasteiger partial charge is 0.416 e. The van der Waals surface area contributed by atoms with Crippen molar-refractivity contribution in [1.82, 2.24) is 5.32 Å². The summed E-state index contributed by atoms with van der Waals surface area (Å²) in [5.41, 5.74) is 0.382. The average Bonchev–Trinajstić information content (AvgIpc) is 2.45. The third kappa shape index (κ3) is 3.92. The van der Waals surface area contributed by atoms with Crippen LogP contribution in [0.3, 0.4) is 0 Å². The molecule has 1 aromatic rings. The van der Waals surface area contributed by atoms with Crippen LogP contribution in [0.5, 0.6) is 0 Å². The predicted molar refractivity (Wildman–Crippen MR) is 78.0 cm³/mol. The second-order valence-corrected chi connectivity index (χ2v) is 6.41. The molecule has 0 spiro atoms. The molecule has 0 radical (unpaired) electrons. The molecule has 0 amide bonds. The first kappa shape index (κ1) is 15.7. The van der Waals surface area contributed by atoms with Crippen LogP contribution >= 0.6 is 11.8 Å². The summed E-state index contributed by atoms with van der Waals surface area (Å²) in [6, 6.07) is 5.75. The van der Waals surface area contributed by atoms with E-state index in [2.05, 4.69) is 5.32 Å². The highest BCUT2D eigenvalue weighted by Crippen LogP contribution is 2.36. The van der Waals surface area contributed by atoms with E-state index >= 15 is 0 Å². The third-order valence-corrected chi connectivity index (χ3v) is 5.07. The Bertz CT molecular complexity index is 410. The summed E-state index contributed by atoms with van der Waals surface area (Å²) in [5.74, 6) is 1.15. The second kappa shape index (κ2) is 6.85. The van der Waals surface area contributed by atoms with Gasteiger partial charge in [0.15, 0.2) is 0 Å². The predicted octanol–water partition coefficient (Wildman–Crippen LogP) is 4.64. The summed E-state index contributed by atoms with van der Waals surface area (Å²) in [7, 11) is 0. The van der Waals surface area contributed by atoms with E-state index in [4.69, 9.17) is 0 Å². The minimum absolute atomic E-state index is 0.146. The van der Waals surface area contributed by atoms with E-state index in [0.717, 1.165) is 24.3 Å². The quantitative estimate of drug-likeness (QED) is 0.869. The monoisotopic (exact) mass is 303 g/mol. The van der Waals surface area contributed by atoms with Crippen LogP contribution in [0.1, 0.15) is 43.4 Å². The molecule has 1 saturated heterocycles. The Morgan fingerprint density at radius 1 is 1.25 bits per heavy atom. The van der Waals surface area contributed by atoms with E-state index in [9.17, 15) is 13.2 Å². The summed E-state index contributed by atoms with van der Waals surface area (Å²) in [6.45, 7) is 2.85. The van der Waals surface area contributed by atoms with Crippen LogP contribution in [0.4, 0.5) is 13.2 Å². The van der Waals surface area contributed by atoms with Crippen molar-refractivity contribution in [3.05, 3.63) is 35.4 Å². The van der Waals surface area contributed by atoms with Crippen molar-refractivity contribution in [2.75, 3.05) is 12.3 Å². The van der Waals surface area contributed by atoms with Crippen LogP contribution in [0.25, 0.3) is 0 Å². The highest BCUT2D eigenvalue weighted by Gasteiger charge is 2.31. The van der Waals surface area contributed by atoms with E-state index in [1.54, 1.807) is 12.1 Å². The summed E-state index contributed by atoms with van der Waals surface area (Å²) in [4.78, 5) is 0. The Hall–Kier alpha value is -0.680. The van der Waals surface area contributed by atoms with Gasteiger partial charge in [-0.2, -0.15) is 24.9 Å². The average molecular weight is 303 g/mol. The SMILES string of the molecule is CCNC(c1ccc(C(F)(F)F)cc1)C1CCCCS1. The molecule has 2 atom stereocenters. The fourth-order valence-corrected chi connectivity index (χ4v) is 4.04. The van der Waals surface area contributed by atoms with Crippen LogP contribution in [0, 0.1) is 0 Å². The van der Waals surface area contributed by atoms with Gasteiger partial charge in [0.25, 0.3) is 0 Å². The highest BCUT2D eigenvalue weighted by molar-refractivity contribution is 8.00. The Labute approximate surface area is 122 Å². The van der Waals surface area contributed by atoms with Crippen LogP contribution in [0.2, 0.25) is 0 Å². The van der Waals surface area contributed by atoms with Gasteiger partial charge in [0.05, 0.1) is 5.56 Å². The summed E-state index contributed by atoms with van der Waals surface area (Å²) in [6.07, 6.45) is -0.678. The molecule has 112 valence electrons. The van der Waals surface area contributed by atoms with E-state index < -0.39 is 11.7 Å². The molecule has 20 heavy (non-hydrogen) atoms. The molecule has 0 aliphatic carbocycles. The number of halogens is 3. The summed E-state index contributed by atoms with van der Waals surface area (Å²) in [5, 5.41) is 3.88. The summed E-state index contributed by atoms with van der Waals surface area (Å²) >= 11 is 1.93. The molecule has 0 saturated carbocycles. The Morgan fingerprint density at radius 2 is 1.95 bits per heavy atom. The summed E-state index contributed by atoms with van der Waals surface area (Å²) < 4.78 is 37.8. The van der Waals surface area contributed by atoms with Gasteiger partial charge in [0.1, 0.15) is 0 Å². The second-order valence-electron chi connectivity index (χ2n) is 5.06. The standard InChI is InChI=1S/C15H20F3NS/c1-2-19-14(13-5-3-4-10-20-13)11-6-8-12(9-7-11)15(16,17)18/h6-9,13-14,19H,2-5,10H2,1H3. The normalized spacial score (nSPS) is 21.7. The first-order valence-corrected chi connectivity index (χ1v) is 8.09. The van der Waals surface area contributed by atoms with E-state index in [1.807, 2.05) is 18.7 Å². The molecule has 2 unspecified atom stereocenters. The molecule has 1 fully saturated rings. The van der Waals surface area contributed by atoms with Gasteiger partial charge in [-0.25, -0.2) is 0 Å². The lowest BCUT2D eigenvalue weighted by atomic mass is 9.98. The van der Waals surface area contributed by atoms with E-state index in [0.29, 0.717) is 5.25 Å². The fourth-order valence-electron chi connectivity index (χ4n) is 2.59. The van der Waals surface area contributed by atoms with Crippen molar-refractivity contribution in [3.63, 3.8) is 0 Å². The van der Waals surface area contributed by atoms with Gasteiger partial charge in [-0.05, 0) is 42.8 Å². The van der Waals surface area contributed by atoms with Gasteiger partial charge < -0.3 is 5.32 Å². The molecule has 1 aromatic carbocycles. The molecule has 1 aliphatic rings. The first-order chi connectivity index (χ1) is 9.52. The molecule has 1 heterocycles. The van der Waals surface area contributed by atoms with Gasteiger partial charge in [0.2, 0.25) is 0 Å². The maximum Gasteiger partial charge on any atom is 0.416 e. The van der Waals surface area contributed by atoms with Gasteiger partial charge >= 0.3 is 6.18 Å². The molecular weight excluding hydrogens is 283 g/mol. The number of nitrogens with one attached hydrogen (secondary N) is 1. The smallest absolute Gasteiger partial charge is 0.309 e. The van der Waals surface area contributed by atoms with Crippen molar-refractivity contribution in [2.45, 2.75) is 43.7 Å². The van der Waals surface area contributed by atoms with Gasteiger partial charge in [0, 0.05) is 11.3 Å².